The molecule has 0 heterocycles. The van der Waals surface area contributed by atoms with E-state index in [1.807, 2.05) is 0 Å². The Labute approximate surface area is 106 Å². The van der Waals surface area contributed by atoms with Crippen LogP contribution in [-0.4, -0.2) is 30.0 Å². The van der Waals surface area contributed by atoms with E-state index in [2.05, 4.69) is 13.8 Å². The van der Waals surface area contributed by atoms with E-state index in [4.69, 9.17) is 10.5 Å². The Morgan fingerprint density at radius 1 is 1.35 bits per heavy atom. The van der Waals surface area contributed by atoms with Crippen molar-refractivity contribution in [1.82, 2.24) is 0 Å². The van der Waals surface area contributed by atoms with Gasteiger partial charge in [0.2, 0.25) is 0 Å². The Kier molecular flexibility index (Phi) is 5.42. The van der Waals surface area contributed by atoms with Crippen LogP contribution in [0.25, 0.3) is 0 Å². The maximum Gasteiger partial charge on any atom is 0.0742 e. The Hall–Kier alpha value is -0.120. The standard InChI is InChI=1S/C14H29NO2/c1-13(2)8-5-12(6-9-13)17-10-4-7-14(3,16)11-15/h12,16H,4-11,15H2,1-3H3. The monoisotopic (exact) mass is 243 g/mol. The minimum atomic E-state index is -0.724. The normalized spacial score (nSPS) is 24.5. The first-order valence-corrected chi connectivity index (χ1v) is 6.89. The van der Waals surface area contributed by atoms with E-state index in [1.165, 1.54) is 25.7 Å². The molecule has 1 unspecified atom stereocenters. The maximum absolute atomic E-state index is 9.75. The molecule has 1 fully saturated rings. The van der Waals surface area contributed by atoms with Crippen LogP contribution in [0.2, 0.25) is 0 Å². The number of rotatable bonds is 6. The molecule has 1 rings (SSSR count). The van der Waals surface area contributed by atoms with Gasteiger partial charge in [0, 0.05) is 13.2 Å². The smallest absolute Gasteiger partial charge is 0.0742 e. The second-order valence-corrected chi connectivity index (χ2v) is 6.54. The maximum atomic E-state index is 9.75. The van der Waals surface area contributed by atoms with Gasteiger partial charge in [-0.1, -0.05) is 13.8 Å². The molecule has 3 N–H and O–H groups in total. The van der Waals surface area contributed by atoms with Crippen LogP contribution in [-0.2, 0) is 4.74 Å². The number of nitrogens with two attached hydrogens (primary N) is 1. The Balaban J connectivity index is 2.08. The van der Waals surface area contributed by atoms with Crippen LogP contribution in [0.5, 0.6) is 0 Å². The van der Waals surface area contributed by atoms with Crippen molar-refractivity contribution in [1.29, 1.82) is 0 Å². The molecule has 1 saturated carbocycles. The third-order valence-electron chi connectivity index (χ3n) is 3.94. The molecule has 0 aliphatic heterocycles. The van der Waals surface area contributed by atoms with Crippen molar-refractivity contribution < 1.29 is 9.84 Å². The van der Waals surface area contributed by atoms with Crippen LogP contribution in [0.1, 0.15) is 59.3 Å². The minimum Gasteiger partial charge on any atom is -0.389 e. The summed E-state index contributed by atoms with van der Waals surface area (Å²) in [4.78, 5) is 0. The largest absolute Gasteiger partial charge is 0.389 e. The first kappa shape index (κ1) is 14.9. The summed E-state index contributed by atoms with van der Waals surface area (Å²) in [5, 5.41) is 9.75. The summed E-state index contributed by atoms with van der Waals surface area (Å²) in [6, 6.07) is 0. The zero-order valence-electron chi connectivity index (χ0n) is 11.7. The molecule has 1 aliphatic rings. The van der Waals surface area contributed by atoms with Crippen LogP contribution in [0.15, 0.2) is 0 Å². The van der Waals surface area contributed by atoms with Crippen molar-refractivity contribution in [2.45, 2.75) is 71.0 Å². The number of hydrogen-bond acceptors (Lipinski definition) is 3. The van der Waals surface area contributed by atoms with Crippen LogP contribution in [0.3, 0.4) is 0 Å². The predicted octanol–water partition coefficient (Wildman–Crippen LogP) is 2.46. The molecule has 0 aromatic rings. The molecule has 0 saturated heterocycles. The highest BCUT2D eigenvalue weighted by Gasteiger charge is 2.27. The minimum absolute atomic E-state index is 0.324. The van der Waals surface area contributed by atoms with Crippen molar-refractivity contribution in [3.63, 3.8) is 0 Å². The van der Waals surface area contributed by atoms with E-state index in [9.17, 15) is 5.11 Å². The Bertz CT molecular complexity index is 216. The third-order valence-corrected chi connectivity index (χ3v) is 3.94. The van der Waals surface area contributed by atoms with Crippen molar-refractivity contribution in [3.05, 3.63) is 0 Å². The summed E-state index contributed by atoms with van der Waals surface area (Å²) in [5.41, 5.74) is 5.25. The lowest BCUT2D eigenvalue weighted by atomic mass is 9.76. The Morgan fingerprint density at radius 3 is 2.47 bits per heavy atom. The number of aliphatic hydroxyl groups is 1. The van der Waals surface area contributed by atoms with E-state index < -0.39 is 5.60 Å². The zero-order chi connectivity index (χ0) is 12.9. The summed E-state index contributed by atoms with van der Waals surface area (Å²) in [7, 11) is 0. The second-order valence-electron chi connectivity index (χ2n) is 6.54. The fourth-order valence-electron chi connectivity index (χ4n) is 2.34. The molecule has 1 aliphatic carbocycles. The van der Waals surface area contributed by atoms with Gasteiger partial charge in [-0.15, -0.1) is 0 Å². The Morgan fingerprint density at radius 2 is 1.94 bits per heavy atom. The number of ether oxygens (including phenoxy) is 1. The molecule has 0 bridgehead atoms. The molecular weight excluding hydrogens is 214 g/mol. The molecule has 102 valence electrons. The van der Waals surface area contributed by atoms with E-state index in [0.717, 1.165) is 19.4 Å². The molecule has 3 heteroatoms. The van der Waals surface area contributed by atoms with Gasteiger partial charge >= 0.3 is 0 Å². The van der Waals surface area contributed by atoms with E-state index >= 15 is 0 Å². The SMILES string of the molecule is CC1(C)CCC(OCCCC(C)(O)CN)CC1. The van der Waals surface area contributed by atoms with Gasteiger partial charge in [0.15, 0.2) is 0 Å². The lowest BCUT2D eigenvalue weighted by molar-refractivity contribution is -0.00875. The summed E-state index contributed by atoms with van der Waals surface area (Å²) in [6.07, 6.45) is 6.94. The van der Waals surface area contributed by atoms with Crippen molar-refractivity contribution in [3.8, 4) is 0 Å². The molecule has 3 nitrogen and oxygen atoms in total. The van der Waals surface area contributed by atoms with Crippen molar-refractivity contribution in [2.24, 2.45) is 11.1 Å². The van der Waals surface area contributed by atoms with Gasteiger partial charge in [-0.05, 0) is 50.9 Å². The zero-order valence-corrected chi connectivity index (χ0v) is 11.7. The van der Waals surface area contributed by atoms with Crippen LogP contribution < -0.4 is 5.73 Å². The van der Waals surface area contributed by atoms with Crippen LogP contribution in [0, 0.1) is 5.41 Å². The summed E-state index contributed by atoms with van der Waals surface area (Å²) in [5.74, 6) is 0. The molecule has 0 radical (unpaired) electrons. The fraction of sp³-hybridized carbons (Fsp3) is 1.00. The van der Waals surface area contributed by atoms with Gasteiger partial charge in [-0.2, -0.15) is 0 Å². The third kappa shape index (κ3) is 5.84. The summed E-state index contributed by atoms with van der Waals surface area (Å²) >= 11 is 0. The fourth-order valence-corrected chi connectivity index (χ4v) is 2.34. The van der Waals surface area contributed by atoms with Gasteiger partial charge < -0.3 is 15.6 Å². The van der Waals surface area contributed by atoms with Gasteiger partial charge in [-0.3, -0.25) is 0 Å². The highest BCUT2D eigenvalue weighted by molar-refractivity contribution is 4.79. The van der Waals surface area contributed by atoms with Gasteiger partial charge in [0.05, 0.1) is 11.7 Å². The van der Waals surface area contributed by atoms with E-state index in [1.54, 1.807) is 6.92 Å². The second kappa shape index (κ2) is 6.17. The van der Waals surface area contributed by atoms with E-state index in [0.29, 0.717) is 18.1 Å². The van der Waals surface area contributed by atoms with Crippen molar-refractivity contribution >= 4 is 0 Å². The summed E-state index contributed by atoms with van der Waals surface area (Å²) < 4.78 is 5.86. The lowest BCUT2D eigenvalue weighted by Crippen LogP contribution is -2.34. The van der Waals surface area contributed by atoms with Crippen LogP contribution in [0.4, 0.5) is 0 Å². The molecular formula is C14H29NO2. The molecule has 0 aromatic heterocycles. The first-order chi connectivity index (χ1) is 7.85. The molecule has 0 aromatic carbocycles. The highest BCUT2D eigenvalue weighted by atomic mass is 16.5. The van der Waals surface area contributed by atoms with Gasteiger partial charge in [0.25, 0.3) is 0 Å². The molecule has 0 amide bonds. The van der Waals surface area contributed by atoms with Gasteiger partial charge in [-0.25, -0.2) is 0 Å². The molecule has 0 spiro atoms. The molecule has 1 atom stereocenters. The highest BCUT2D eigenvalue weighted by Crippen LogP contribution is 2.36. The predicted molar refractivity (Wildman–Crippen MR) is 70.9 cm³/mol. The average molecular weight is 243 g/mol. The first-order valence-electron chi connectivity index (χ1n) is 6.89. The quantitative estimate of drug-likeness (QED) is 0.705. The average Bonchev–Trinajstić information content (AvgIpc) is 2.26. The molecule has 17 heavy (non-hydrogen) atoms. The summed E-state index contributed by atoms with van der Waals surface area (Å²) in [6.45, 7) is 7.53. The van der Waals surface area contributed by atoms with Crippen LogP contribution >= 0.6 is 0 Å². The number of hydrogen-bond donors (Lipinski definition) is 2. The topological polar surface area (TPSA) is 55.5 Å². The van der Waals surface area contributed by atoms with E-state index in [-0.39, 0.29) is 0 Å². The van der Waals surface area contributed by atoms with Gasteiger partial charge in [0.1, 0.15) is 0 Å². The lowest BCUT2D eigenvalue weighted by Gasteiger charge is -2.34. The van der Waals surface area contributed by atoms with Crippen molar-refractivity contribution in [2.75, 3.05) is 13.2 Å².